The summed E-state index contributed by atoms with van der Waals surface area (Å²) in [5, 5.41) is 11.2. The Morgan fingerprint density at radius 1 is 1.07 bits per heavy atom. The minimum absolute atomic E-state index is 0.0883. The van der Waals surface area contributed by atoms with E-state index in [1.807, 2.05) is 0 Å². The number of nitro groups is 1. The molecule has 2 aromatic carbocycles. The van der Waals surface area contributed by atoms with Crippen molar-refractivity contribution in [1.29, 1.82) is 0 Å². The lowest BCUT2D eigenvalue weighted by Crippen LogP contribution is -2.27. The van der Waals surface area contributed by atoms with E-state index in [0.717, 1.165) is 16.7 Å². The van der Waals surface area contributed by atoms with Crippen molar-refractivity contribution < 1.29 is 18.9 Å². The molecule has 0 aliphatic carbocycles. The summed E-state index contributed by atoms with van der Waals surface area (Å²) in [7, 11) is 0. The molecule has 0 radical (unpaired) electrons. The first kappa shape index (κ1) is 19.0. The van der Waals surface area contributed by atoms with Gasteiger partial charge in [0, 0.05) is 17.2 Å². The van der Waals surface area contributed by atoms with Crippen LogP contribution in [-0.2, 0) is 4.79 Å². The molecule has 1 aliphatic rings. The van der Waals surface area contributed by atoms with Crippen molar-refractivity contribution in [2.24, 2.45) is 0 Å². The number of nitro benzene ring substituents is 1. The number of furan rings is 1. The summed E-state index contributed by atoms with van der Waals surface area (Å²) in [5.74, 6) is 0.0956. The average molecular weight is 427 g/mol. The van der Waals surface area contributed by atoms with E-state index in [9.17, 15) is 19.7 Å². The van der Waals surface area contributed by atoms with E-state index in [1.54, 1.807) is 48.5 Å². The average Bonchev–Trinajstić information content (AvgIpc) is 3.26. The highest BCUT2D eigenvalue weighted by Crippen LogP contribution is 2.37. The van der Waals surface area contributed by atoms with Gasteiger partial charge in [0.2, 0.25) is 0 Å². The molecule has 3 aromatic rings. The summed E-state index contributed by atoms with van der Waals surface area (Å²) in [6, 6.07) is 15.8. The van der Waals surface area contributed by atoms with Crippen molar-refractivity contribution in [2.45, 2.75) is 0 Å². The lowest BCUT2D eigenvalue weighted by molar-refractivity contribution is -0.384. The molecule has 0 unspecified atom stereocenters. The number of carbonyl (C=O) groups is 2. The van der Waals surface area contributed by atoms with Gasteiger partial charge in [0.15, 0.2) is 0 Å². The highest BCUT2D eigenvalue weighted by Gasteiger charge is 2.36. The summed E-state index contributed by atoms with van der Waals surface area (Å²) in [6.07, 6.45) is 1.44. The Labute approximate surface area is 173 Å². The third kappa shape index (κ3) is 3.67. The summed E-state index contributed by atoms with van der Waals surface area (Å²) in [4.78, 5) is 36.9. The number of amides is 2. The van der Waals surface area contributed by atoms with Gasteiger partial charge in [-0.05, 0) is 48.2 Å². The first-order chi connectivity index (χ1) is 13.9. The third-order valence-electron chi connectivity index (χ3n) is 4.13. The Hall–Kier alpha value is -3.36. The molecular formula is C20H11ClN2O5S. The Kier molecular flexibility index (Phi) is 4.96. The molecule has 0 spiro atoms. The largest absolute Gasteiger partial charge is 0.456 e. The van der Waals surface area contributed by atoms with Gasteiger partial charge in [0.1, 0.15) is 11.5 Å². The standard InChI is InChI=1S/C20H11ClN2O5S/c21-12-4-3-5-13(10-12)22-19(24)18(29-20(22)25)11-14-8-9-17(28-14)15-6-1-2-7-16(15)23(26)27/h1-11H/b18-11-. The van der Waals surface area contributed by atoms with Gasteiger partial charge in [-0.15, -0.1) is 0 Å². The lowest BCUT2D eigenvalue weighted by Gasteiger charge is -2.12. The summed E-state index contributed by atoms with van der Waals surface area (Å²) in [5.41, 5.74) is 0.613. The fraction of sp³-hybridized carbons (Fsp3) is 0. The second-order valence-corrected chi connectivity index (χ2v) is 7.40. The number of imide groups is 1. The lowest BCUT2D eigenvalue weighted by atomic mass is 10.1. The zero-order valence-electron chi connectivity index (χ0n) is 14.6. The maximum atomic E-state index is 12.7. The van der Waals surface area contributed by atoms with Gasteiger partial charge >= 0.3 is 0 Å². The molecule has 1 fully saturated rings. The highest BCUT2D eigenvalue weighted by atomic mass is 35.5. The van der Waals surface area contributed by atoms with E-state index in [0.29, 0.717) is 22.0 Å². The van der Waals surface area contributed by atoms with Crippen LogP contribution in [0.4, 0.5) is 16.2 Å². The normalized spacial score (nSPS) is 15.3. The zero-order valence-corrected chi connectivity index (χ0v) is 16.1. The molecule has 1 aromatic heterocycles. The maximum absolute atomic E-state index is 12.7. The molecular weight excluding hydrogens is 416 g/mol. The molecule has 1 aliphatic heterocycles. The van der Waals surface area contributed by atoms with E-state index < -0.39 is 16.1 Å². The molecule has 0 atom stereocenters. The number of hydrogen-bond donors (Lipinski definition) is 0. The smallest absolute Gasteiger partial charge is 0.298 e. The van der Waals surface area contributed by atoms with Crippen LogP contribution in [0.1, 0.15) is 5.76 Å². The summed E-state index contributed by atoms with van der Waals surface area (Å²) < 4.78 is 5.67. The molecule has 4 rings (SSSR count). The Balaban J connectivity index is 1.64. The number of hydrogen-bond acceptors (Lipinski definition) is 6. The van der Waals surface area contributed by atoms with Crippen LogP contribution in [0, 0.1) is 10.1 Å². The van der Waals surface area contributed by atoms with Crippen molar-refractivity contribution >= 4 is 52.0 Å². The molecule has 2 heterocycles. The molecule has 0 bridgehead atoms. The molecule has 0 saturated carbocycles. The van der Waals surface area contributed by atoms with Gasteiger partial charge < -0.3 is 4.42 Å². The summed E-state index contributed by atoms with van der Waals surface area (Å²) >= 11 is 6.72. The fourth-order valence-corrected chi connectivity index (χ4v) is 3.86. The third-order valence-corrected chi connectivity index (χ3v) is 5.23. The Morgan fingerprint density at radius 2 is 1.86 bits per heavy atom. The maximum Gasteiger partial charge on any atom is 0.298 e. The van der Waals surface area contributed by atoms with Crippen LogP contribution < -0.4 is 4.90 Å². The molecule has 2 amide bonds. The number of benzene rings is 2. The zero-order chi connectivity index (χ0) is 20.5. The SMILES string of the molecule is O=C1S/C(=C\c2ccc(-c3ccccc3[N+](=O)[O-])o2)C(=O)N1c1cccc(Cl)c1. The predicted molar refractivity (Wildman–Crippen MR) is 111 cm³/mol. The van der Waals surface area contributed by atoms with Gasteiger partial charge in [-0.1, -0.05) is 29.8 Å². The van der Waals surface area contributed by atoms with Crippen molar-refractivity contribution in [3.05, 3.63) is 86.5 Å². The minimum Gasteiger partial charge on any atom is -0.456 e. The van der Waals surface area contributed by atoms with Gasteiger partial charge in [-0.25, -0.2) is 4.90 Å². The second kappa shape index (κ2) is 7.57. The van der Waals surface area contributed by atoms with Gasteiger partial charge in [0.05, 0.1) is 21.1 Å². The van der Waals surface area contributed by atoms with E-state index >= 15 is 0 Å². The first-order valence-corrected chi connectivity index (χ1v) is 9.50. The molecule has 7 nitrogen and oxygen atoms in total. The Morgan fingerprint density at radius 3 is 2.62 bits per heavy atom. The van der Waals surface area contributed by atoms with Gasteiger partial charge in [-0.3, -0.25) is 19.7 Å². The van der Waals surface area contributed by atoms with Crippen molar-refractivity contribution in [1.82, 2.24) is 0 Å². The number of thioether (sulfide) groups is 1. The molecule has 1 saturated heterocycles. The van der Waals surface area contributed by atoms with E-state index in [2.05, 4.69) is 0 Å². The second-order valence-electron chi connectivity index (χ2n) is 5.97. The van der Waals surface area contributed by atoms with Crippen LogP contribution in [0.15, 0.2) is 70.0 Å². The quantitative estimate of drug-likeness (QED) is 0.299. The minimum atomic E-state index is -0.495. The summed E-state index contributed by atoms with van der Waals surface area (Å²) in [6.45, 7) is 0. The number of carbonyl (C=O) groups excluding carboxylic acids is 2. The Bertz CT molecular complexity index is 1190. The van der Waals surface area contributed by atoms with Crippen LogP contribution in [0.25, 0.3) is 17.4 Å². The molecule has 9 heteroatoms. The monoisotopic (exact) mass is 426 g/mol. The van der Waals surface area contributed by atoms with Crippen LogP contribution in [-0.4, -0.2) is 16.1 Å². The number of nitrogens with zero attached hydrogens (tertiary/aromatic N) is 2. The highest BCUT2D eigenvalue weighted by molar-refractivity contribution is 8.19. The fourth-order valence-electron chi connectivity index (χ4n) is 2.85. The first-order valence-electron chi connectivity index (χ1n) is 8.31. The van der Waals surface area contributed by atoms with Crippen LogP contribution in [0.5, 0.6) is 0 Å². The molecule has 0 N–H and O–H groups in total. The van der Waals surface area contributed by atoms with Crippen LogP contribution >= 0.6 is 23.4 Å². The number of halogens is 1. The van der Waals surface area contributed by atoms with Crippen LogP contribution in [0.3, 0.4) is 0 Å². The van der Waals surface area contributed by atoms with E-state index in [-0.39, 0.29) is 16.4 Å². The van der Waals surface area contributed by atoms with Gasteiger partial charge in [0.25, 0.3) is 16.8 Å². The van der Waals surface area contributed by atoms with E-state index in [1.165, 1.54) is 18.2 Å². The number of anilines is 1. The van der Waals surface area contributed by atoms with Crippen molar-refractivity contribution in [3.8, 4) is 11.3 Å². The number of rotatable bonds is 4. The molecule has 144 valence electrons. The van der Waals surface area contributed by atoms with Crippen molar-refractivity contribution in [2.75, 3.05) is 4.90 Å². The van der Waals surface area contributed by atoms with Crippen molar-refractivity contribution in [3.63, 3.8) is 0 Å². The van der Waals surface area contributed by atoms with Crippen LogP contribution in [0.2, 0.25) is 5.02 Å². The van der Waals surface area contributed by atoms with Gasteiger partial charge in [-0.2, -0.15) is 0 Å². The number of para-hydroxylation sites is 1. The predicted octanol–water partition coefficient (Wildman–Crippen LogP) is 5.75. The van der Waals surface area contributed by atoms with E-state index in [4.69, 9.17) is 16.0 Å². The topological polar surface area (TPSA) is 93.7 Å². The molecule has 29 heavy (non-hydrogen) atoms.